The van der Waals surface area contributed by atoms with Crippen LogP contribution in [0.4, 0.5) is 0 Å². The molecule has 2 aromatic carbocycles. The molecule has 6 nitrogen and oxygen atoms in total. The number of aromatic amines is 1. The van der Waals surface area contributed by atoms with Crippen LogP contribution in [0.25, 0.3) is 10.9 Å². The number of carbonyl (C=O) groups is 1. The lowest BCUT2D eigenvalue weighted by Gasteiger charge is -2.18. The summed E-state index contributed by atoms with van der Waals surface area (Å²) in [6.45, 7) is 4.79. The molecule has 0 bridgehead atoms. The van der Waals surface area contributed by atoms with Gasteiger partial charge in [0.15, 0.2) is 6.29 Å². The Labute approximate surface area is 198 Å². The van der Waals surface area contributed by atoms with Crippen LogP contribution in [-0.4, -0.2) is 30.4 Å². The first-order chi connectivity index (χ1) is 15.8. The standard InChI is InChI=1S/C18H17ClNO3P.C7H10N2/c1-11-6-12(2)8-14(7-11)24(22,23-3)18-15-9-13(19)4-5-16(15)20-17(18)10-21;1-8-6-7-2-4-9-5-3-7/h4-10,20H,1-3H3;2-5,8H,6H2,1H3. The third-order valence-electron chi connectivity index (χ3n) is 5.11. The minimum absolute atomic E-state index is 0.247. The molecule has 2 heterocycles. The number of fused-ring (bicyclic) bond motifs is 1. The lowest BCUT2D eigenvalue weighted by Crippen LogP contribution is -2.20. The Hall–Kier alpha value is -2.76. The molecule has 8 heteroatoms. The third-order valence-corrected chi connectivity index (χ3v) is 7.87. The number of rotatable bonds is 6. The molecule has 0 aliphatic carbocycles. The molecule has 1 unspecified atom stereocenters. The molecular formula is C25H27ClN3O3P. The minimum Gasteiger partial charge on any atom is -0.352 e. The van der Waals surface area contributed by atoms with Crippen molar-refractivity contribution in [1.29, 1.82) is 0 Å². The number of nitrogens with zero attached hydrogens (tertiary/aromatic N) is 1. The number of nitrogens with one attached hydrogen (secondary N) is 2. The van der Waals surface area contributed by atoms with Gasteiger partial charge in [0.25, 0.3) is 7.37 Å². The van der Waals surface area contributed by atoms with Gasteiger partial charge in [0.1, 0.15) is 0 Å². The van der Waals surface area contributed by atoms with Crippen molar-refractivity contribution in [3.05, 3.63) is 88.3 Å². The molecule has 0 amide bonds. The first-order valence-corrected chi connectivity index (χ1v) is 12.4. The summed E-state index contributed by atoms with van der Waals surface area (Å²) in [5.41, 5.74) is 4.17. The molecule has 33 heavy (non-hydrogen) atoms. The van der Waals surface area contributed by atoms with E-state index in [-0.39, 0.29) is 5.69 Å². The van der Waals surface area contributed by atoms with Crippen molar-refractivity contribution in [1.82, 2.24) is 15.3 Å². The van der Waals surface area contributed by atoms with Crippen molar-refractivity contribution in [2.45, 2.75) is 20.4 Å². The second kappa shape index (κ2) is 10.9. The smallest absolute Gasteiger partial charge is 0.263 e. The van der Waals surface area contributed by atoms with E-state index in [0.29, 0.717) is 32.8 Å². The van der Waals surface area contributed by atoms with E-state index < -0.39 is 7.37 Å². The largest absolute Gasteiger partial charge is 0.352 e. The first-order valence-electron chi connectivity index (χ1n) is 10.4. The highest BCUT2D eigenvalue weighted by Gasteiger charge is 2.34. The van der Waals surface area contributed by atoms with Crippen LogP contribution >= 0.6 is 19.0 Å². The highest BCUT2D eigenvalue weighted by atomic mass is 35.5. The van der Waals surface area contributed by atoms with Crippen molar-refractivity contribution >= 4 is 46.8 Å². The van der Waals surface area contributed by atoms with E-state index in [1.807, 2.05) is 51.2 Å². The average Bonchev–Trinajstić information content (AvgIpc) is 3.17. The number of hydrogen-bond donors (Lipinski definition) is 2. The Morgan fingerprint density at radius 2 is 1.76 bits per heavy atom. The summed E-state index contributed by atoms with van der Waals surface area (Å²) in [6.07, 6.45) is 4.26. The first kappa shape index (κ1) is 24.9. The van der Waals surface area contributed by atoms with Crippen molar-refractivity contribution < 1.29 is 13.9 Å². The Balaban J connectivity index is 0.000000286. The van der Waals surface area contributed by atoms with Crippen molar-refractivity contribution in [3.63, 3.8) is 0 Å². The molecule has 2 N–H and O–H groups in total. The van der Waals surface area contributed by atoms with Gasteiger partial charge in [-0.05, 0) is 68.9 Å². The van der Waals surface area contributed by atoms with E-state index in [0.717, 1.165) is 17.7 Å². The summed E-state index contributed by atoms with van der Waals surface area (Å²) in [7, 11) is -0.122. The zero-order valence-corrected chi connectivity index (χ0v) is 20.7. The van der Waals surface area contributed by atoms with Gasteiger partial charge in [-0.2, -0.15) is 0 Å². The van der Waals surface area contributed by atoms with E-state index in [1.54, 1.807) is 30.6 Å². The maximum absolute atomic E-state index is 13.8. The topological polar surface area (TPSA) is 84.1 Å². The molecule has 0 aliphatic rings. The third kappa shape index (κ3) is 5.60. The van der Waals surface area contributed by atoms with Gasteiger partial charge in [0, 0.05) is 47.3 Å². The molecular weight excluding hydrogens is 457 g/mol. The number of aldehydes is 1. The second-order valence-corrected chi connectivity index (χ2v) is 10.5. The number of H-pyrrole nitrogens is 1. The predicted octanol–water partition coefficient (Wildman–Crippen LogP) is 4.93. The van der Waals surface area contributed by atoms with Gasteiger partial charge in [0.05, 0.1) is 11.0 Å². The second-order valence-electron chi connectivity index (χ2n) is 7.66. The molecule has 0 aliphatic heterocycles. The average molecular weight is 484 g/mol. The highest BCUT2D eigenvalue weighted by molar-refractivity contribution is 7.75. The number of hydrogen-bond acceptors (Lipinski definition) is 5. The van der Waals surface area contributed by atoms with Crippen LogP contribution in [-0.2, 0) is 15.6 Å². The zero-order valence-electron chi connectivity index (χ0n) is 19.1. The van der Waals surface area contributed by atoms with E-state index in [9.17, 15) is 9.36 Å². The van der Waals surface area contributed by atoms with Crippen LogP contribution in [0, 0.1) is 13.8 Å². The van der Waals surface area contributed by atoms with Crippen LogP contribution in [0.2, 0.25) is 5.02 Å². The Bertz CT molecular complexity index is 1290. The number of halogens is 1. The van der Waals surface area contributed by atoms with E-state index in [2.05, 4.69) is 15.3 Å². The van der Waals surface area contributed by atoms with E-state index >= 15 is 0 Å². The van der Waals surface area contributed by atoms with E-state index in [1.165, 1.54) is 12.7 Å². The summed E-state index contributed by atoms with van der Waals surface area (Å²) in [5, 5.41) is 5.12. The highest BCUT2D eigenvalue weighted by Crippen LogP contribution is 2.47. The summed E-state index contributed by atoms with van der Waals surface area (Å²) in [6, 6.07) is 14.8. The normalized spacial score (nSPS) is 12.6. The summed E-state index contributed by atoms with van der Waals surface area (Å²) >= 11 is 6.10. The maximum atomic E-state index is 13.8. The van der Waals surface area contributed by atoms with Crippen LogP contribution < -0.4 is 15.9 Å². The quantitative estimate of drug-likeness (QED) is 0.300. The van der Waals surface area contributed by atoms with Gasteiger partial charge in [-0.15, -0.1) is 0 Å². The lowest BCUT2D eigenvalue weighted by atomic mass is 10.2. The van der Waals surface area contributed by atoms with E-state index in [4.69, 9.17) is 16.1 Å². The van der Waals surface area contributed by atoms with Crippen molar-refractivity contribution in [2.24, 2.45) is 0 Å². The fourth-order valence-electron chi connectivity index (χ4n) is 3.72. The predicted molar refractivity (Wildman–Crippen MR) is 135 cm³/mol. The fraction of sp³-hybridized carbons (Fsp3) is 0.200. The number of benzene rings is 2. The molecule has 4 aromatic rings. The van der Waals surface area contributed by atoms with Crippen molar-refractivity contribution in [2.75, 3.05) is 14.2 Å². The Morgan fingerprint density at radius 3 is 2.33 bits per heavy atom. The fourth-order valence-corrected chi connectivity index (χ4v) is 6.22. The minimum atomic E-state index is -3.45. The molecule has 0 saturated heterocycles. The molecule has 0 fully saturated rings. The van der Waals surface area contributed by atoms with Crippen LogP contribution in [0.5, 0.6) is 0 Å². The number of aromatic nitrogens is 2. The Kier molecular flexibility index (Phi) is 8.22. The van der Waals surface area contributed by atoms with Gasteiger partial charge in [0.2, 0.25) is 0 Å². The van der Waals surface area contributed by atoms with Gasteiger partial charge in [-0.25, -0.2) is 0 Å². The molecule has 172 valence electrons. The molecule has 2 aromatic heterocycles. The van der Waals surface area contributed by atoms with Gasteiger partial charge in [-0.1, -0.05) is 28.8 Å². The number of aryl methyl sites for hydroxylation is 2. The van der Waals surface area contributed by atoms with Crippen LogP contribution in [0.1, 0.15) is 27.2 Å². The summed E-state index contributed by atoms with van der Waals surface area (Å²) in [4.78, 5) is 18.5. The molecule has 0 radical (unpaired) electrons. The molecule has 4 rings (SSSR count). The van der Waals surface area contributed by atoms with Crippen LogP contribution in [0.15, 0.2) is 60.9 Å². The zero-order chi connectivity index (χ0) is 24.0. The van der Waals surface area contributed by atoms with Crippen molar-refractivity contribution in [3.8, 4) is 0 Å². The van der Waals surface area contributed by atoms with Gasteiger partial charge in [-0.3, -0.25) is 14.3 Å². The maximum Gasteiger partial charge on any atom is 0.263 e. The SMILES string of the molecule is CNCc1ccncc1.COP(=O)(c1cc(C)cc(C)c1)c1c(C=O)[nH]c2ccc(Cl)cc12. The molecule has 0 saturated carbocycles. The van der Waals surface area contributed by atoms with Gasteiger partial charge >= 0.3 is 0 Å². The molecule has 1 atom stereocenters. The number of carbonyl (C=O) groups excluding carboxylic acids is 1. The number of pyridine rings is 1. The summed E-state index contributed by atoms with van der Waals surface area (Å²) in [5.74, 6) is 0. The van der Waals surface area contributed by atoms with Crippen LogP contribution in [0.3, 0.4) is 0 Å². The Morgan fingerprint density at radius 1 is 1.09 bits per heavy atom. The molecule has 0 spiro atoms. The summed E-state index contributed by atoms with van der Waals surface area (Å²) < 4.78 is 19.3. The van der Waals surface area contributed by atoms with Gasteiger partial charge < -0.3 is 14.8 Å². The lowest BCUT2D eigenvalue weighted by molar-refractivity contribution is 0.112. The monoisotopic (exact) mass is 483 g/mol.